The lowest BCUT2D eigenvalue weighted by atomic mass is 9.45. The first-order valence-corrected chi connectivity index (χ1v) is 31.8. The number of ketones is 1. The van der Waals surface area contributed by atoms with Gasteiger partial charge in [-0.1, -0.05) is 80.1 Å². The van der Waals surface area contributed by atoms with Crippen LogP contribution in [0.3, 0.4) is 0 Å². The number of aliphatic hydroxyl groups is 2. The summed E-state index contributed by atoms with van der Waals surface area (Å²) in [6.07, 6.45) is -4.92. The molecule has 4 aliphatic carbocycles. The van der Waals surface area contributed by atoms with E-state index in [1.54, 1.807) is 84.9 Å². The predicted octanol–water partition coefficient (Wildman–Crippen LogP) is 10.2. The van der Waals surface area contributed by atoms with Crippen LogP contribution in [0.25, 0.3) is 0 Å². The van der Waals surface area contributed by atoms with E-state index in [-0.39, 0.29) is 35.1 Å². The number of aliphatic hydroxyl groups excluding tert-OH is 1. The van der Waals surface area contributed by atoms with Crippen molar-refractivity contribution in [2.75, 3.05) is 21.3 Å². The smallest absolute Gasteiger partial charge is 0.338 e. The average Bonchev–Trinajstić information content (AvgIpc) is 1.40. The van der Waals surface area contributed by atoms with Gasteiger partial charge in [-0.2, -0.15) is 0 Å². The van der Waals surface area contributed by atoms with Crippen molar-refractivity contribution < 1.29 is 76.7 Å². The molecule has 3 aromatic rings. The second-order valence-corrected chi connectivity index (χ2v) is 28.3. The van der Waals surface area contributed by atoms with Gasteiger partial charge in [0, 0.05) is 42.5 Å². The van der Waals surface area contributed by atoms with Crippen molar-refractivity contribution in [1.29, 1.82) is 0 Å². The molecule has 3 saturated carbocycles. The van der Waals surface area contributed by atoms with Crippen LogP contribution in [-0.4, -0.2) is 157 Å². The molecule has 0 aromatic heterocycles. The number of methoxy groups -OCH3 is 3. The Morgan fingerprint density at radius 2 is 1.13 bits per heavy atom. The van der Waals surface area contributed by atoms with Crippen LogP contribution < -0.4 is 0 Å². The molecule has 0 spiro atoms. The van der Waals surface area contributed by atoms with Gasteiger partial charge in [0.15, 0.2) is 31.1 Å². The largest absolute Gasteiger partial charge is 0.454 e. The molecular formula is C66H88O16S2. The Morgan fingerprint density at radius 3 is 1.67 bits per heavy atom. The predicted molar refractivity (Wildman–Crippen MR) is 316 cm³/mol. The highest BCUT2D eigenvalue weighted by atomic mass is 32.2. The summed E-state index contributed by atoms with van der Waals surface area (Å²) < 4.78 is 73.7. The molecule has 16 nitrogen and oxygen atoms in total. The minimum absolute atomic E-state index is 0.0439. The number of carbonyl (C=O) groups is 3. The molecule has 3 saturated heterocycles. The van der Waals surface area contributed by atoms with E-state index >= 15 is 0 Å². The Hall–Kier alpha value is -3.73. The van der Waals surface area contributed by atoms with E-state index in [1.165, 1.54) is 24.4 Å². The number of thioether (sulfide) groups is 2. The van der Waals surface area contributed by atoms with Crippen molar-refractivity contribution in [3.05, 3.63) is 108 Å². The molecule has 0 radical (unpaired) electrons. The maximum atomic E-state index is 13.8. The van der Waals surface area contributed by atoms with E-state index in [2.05, 4.69) is 25.1 Å². The van der Waals surface area contributed by atoms with Crippen LogP contribution >= 0.6 is 23.5 Å². The molecular weight excluding hydrogens is 1110 g/mol. The lowest BCUT2D eigenvalue weighted by Gasteiger charge is -2.62. The fourth-order valence-corrected chi connectivity index (χ4v) is 17.7. The van der Waals surface area contributed by atoms with Gasteiger partial charge in [0.25, 0.3) is 0 Å². The molecule has 460 valence electrons. The number of rotatable bonds is 17. The minimum atomic E-state index is -1.23. The molecule has 3 aliphatic heterocycles. The van der Waals surface area contributed by atoms with Crippen molar-refractivity contribution >= 4 is 41.2 Å². The fourth-order valence-electron chi connectivity index (χ4n) is 15.2. The summed E-state index contributed by atoms with van der Waals surface area (Å²) in [7, 11) is 4.79. The number of hydrogen-bond donors (Lipinski definition) is 2. The Morgan fingerprint density at radius 1 is 0.619 bits per heavy atom. The first-order valence-electron chi connectivity index (χ1n) is 30.1. The van der Waals surface area contributed by atoms with Gasteiger partial charge < -0.3 is 62.3 Å². The third-order valence-corrected chi connectivity index (χ3v) is 22.5. The fraction of sp³-hybridized carbons (Fsp3) is 0.652. The zero-order chi connectivity index (χ0) is 60.0. The summed E-state index contributed by atoms with van der Waals surface area (Å²) in [4.78, 5) is 42.2. The van der Waals surface area contributed by atoms with E-state index in [9.17, 15) is 24.6 Å². The molecule has 10 rings (SSSR count). The molecule has 6 fully saturated rings. The maximum Gasteiger partial charge on any atom is 0.338 e. The van der Waals surface area contributed by atoms with Gasteiger partial charge in [-0.15, -0.1) is 23.5 Å². The van der Waals surface area contributed by atoms with E-state index in [0.29, 0.717) is 37.7 Å². The maximum absolute atomic E-state index is 13.8. The number of fused-ring (bicyclic) bond motifs is 5. The summed E-state index contributed by atoms with van der Waals surface area (Å²) in [6, 6.07) is 28.7. The third kappa shape index (κ3) is 12.1. The highest BCUT2D eigenvalue weighted by Crippen LogP contribution is 2.68. The Kier molecular flexibility index (Phi) is 19.4. The lowest BCUT2D eigenvalue weighted by molar-refractivity contribution is -0.350. The number of hydrogen-bond acceptors (Lipinski definition) is 18. The van der Waals surface area contributed by atoms with Crippen LogP contribution in [0.4, 0.5) is 0 Å². The van der Waals surface area contributed by atoms with Gasteiger partial charge >= 0.3 is 11.9 Å². The number of allylic oxidation sites excluding steroid dienone is 1. The summed E-state index contributed by atoms with van der Waals surface area (Å²) in [6.45, 7) is 16.7. The molecule has 0 bridgehead atoms. The molecule has 3 heterocycles. The van der Waals surface area contributed by atoms with Crippen LogP contribution in [0.2, 0.25) is 0 Å². The lowest BCUT2D eigenvalue weighted by Crippen LogP contribution is -2.66. The van der Waals surface area contributed by atoms with Crippen molar-refractivity contribution in [2.24, 2.45) is 34.0 Å². The number of benzene rings is 3. The van der Waals surface area contributed by atoms with Gasteiger partial charge in [-0.3, -0.25) is 9.59 Å². The molecule has 18 unspecified atom stereocenters. The summed E-state index contributed by atoms with van der Waals surface area (Å²) >= 11 is 3.14. The van der Waals surface area contributed by atoms with Crippen molar-refractivity contribution in [2.45, 2.75) is 225 Å². The number of Topliss-reactive ketones (excluding diaryl/α,β-unsaturated/α-hetero) is 1. The van der Waals surface area contributed by atoms with E-state index < -0.39 is 125 Å². The number of carbonyl (C=O) groups excluding carboxylic acids is 3. The van der Waals surface area contributed by atoms with Gasteiger partial charge in [-0.25, -0.2) is 4.79 Å². The van der Waals surface area contributed by atoms with Crippen LogP contribution in [0, 0.1) is 34.0 Å². The van der Waals surface area contributed by atoms with Crippen LogP contribution in [-0.2, 0) is 61.7 Å². The summed E-state index contributed by atoms with van der Waals surface area (Å²) in [5.74, 6) is -1.43. The number of ether oxygens (including phenoxy) is 11. The van der Waals surface area contributed by atoms with Crippen molar-refractivity contribution in [1.82, 2.24) is 0 Å². The van der Waals surface area contributed by atoms with E-state index in [1.807, 2.05) is 75.4 Å². The van der Waals surface area contributed by atoms with Crippen LogP contribution in [0.5, 0.6) is 0 Å². The van der Waals surface area contributed by atoms with Gasteiger partial charge in [-0.05, 0) is 147 Å². The second kappa shape index (κ2) is 25.8. The molecule has 7 aliphatic rings. The van der Waals surface area contributed by atoms with Crippen molar-refractivity contribution in [3.8, 4) is 0 Å². The molecule has 84 heavy (non-hydrogen) atoms. The van der Waals surface area contributed by atoms with Crippen LogP contribution in [0.1, 0.15) is 118 Å². The first-order chi connectivity index (χ1) is 40.0. The quantitative estimate of drug-likeness (QED) is 0.0957. The van der Waals surface area contributed by atoms with Gasteiger partial charge in [0.05, 0.1) is 57.6 Å². The standard InChI is InChI=1S/C66H88O16S2/c1-36(67)45-31-33-66(71)46-29-28-41-34-42(30-32-64(41,8)47(46)35-48(68)65(45,66)9)78-60-56(83-43-24-18-14-19-25-43)54(74-12)51(39(4)76-60)81-61-57(84-44-26-20-15-21-27-44)53(73-11)50(38(3)77-61)80-59-55(82-62(70)63(5,6)7)52(72-10)49(37(2)75-59)79-58(69)40-22-16-13-17-23-40/h13-28,37-39,42,45-57,59-61,68,71H,29-35H2,1-12H3/t37?,38?,39?,42-,45?,46?,47?,48+,49?,50?,51?,52?,53?,54?,55?,56?,57?,59?,60?,61?,64-,65-,66-/m0/s1. The summed E-state index contributed by atoms with van der Waals surface area (Å²) in [5, 5.41) is 23.6. The van der Waals surface area contributed by atoms with E-state index in [4.69, 9.17) is 52.1 Å². The van der Waals surface area contributed by atoms with Gasteiger partial charge in [0.1, 0.15) is 36.3 Å². The summed E-state index contributed by atoms with van der Waals surface area (Å²) in [5.41, 5.74) is -1.55. The Balaban J connectivity index is 0.898. The number of esters is 2. The Labute approximate surface area is 504 Å². The van der Waals surface area contributed by atoms with Crippen molar-refractivity contribution in [3.63, 3.8) is 0 Å². The SMILES string of the molecule is COC1C(OC(=O)c2ccccc2)C(C)OC(OC2C(C)OC(OC3C(C)OC(O[C@H]4CC[C@@]5(C)C(=CCC6C5C[C@@H](O)[C@]5(C)C(C(C)=O)CC[C@]65O)C4)C(Sc4ccccc4)C3OC)C(Sc3ccccc3)C2OC)C1OC(=O)C(C)(C)C. The average molecular weight is 1200 g/mol. The monoisotopic (exact) mass is 1200 g/mol. The highest BCUT2D eigenvalue weighted by Gasteiger charge is 2.70. The molecule has 18 heteroatoms. The zero-order valence-corrected chi connectivity index (χ0v) is 52.3. The van der Waals surface area contributed by atoms with Gasteiger partial charge in [0.2, 0.25) is 0 Å². The first kappa shape index (κ1) is 63.3. The topological polar surface area (TPSA) is 193 Å². The highest BCUT2D eigenvalue weighted by molar-refractivity contribution is 8.00. The van der Waals surface area contributed by atoms with E-state index in [0.717, 1.165) is 22.6 Å². The molecule has 23 atom stereocenters. The third-order valence-electron chi connectivity index (χ3n) is 19.9. The molecule has 3 aromatic carbocycles. The van der Waals surface area contributed by atoms with Crippen LogP contribution in [0.15, 0.2) is 112 Å². The normalized spacial score (nSPS) is 41.2. The Bertz CT molecular complexity index is 2770. The molecule has 0 amide bonds. The molecule has 2 N–H and O–H groups in total. The minimum Gasteiger partial charge on any atom is -0.454 e. The zero-order valence-electron chi connectivity index (χ0n) is 50.7. The second-order valence-electron chi connectivity index (χ2n) is 25.8.